The van der Waals surface area contributed by atoms with E-state index < -0.39 is 0 Å². The number of thiazole rings is 1. The molecule has 0 bridgehead atoms. The standard InChI is InChI=1S/C11H12N2S.ClH/c1-8-11(14-7-13-8)9-3-5-10(12-2)6-4-9;/h3-7,12H,1-2H3;1H. The quantitative estimate of drug-likeness (QED) is 0.868. The lowest BCUT2D eigenvalue weighted by atomic mass is 10.1. The van der Waals surface area contributed by atoms with E-state index in [0.29, 0.717) is 0 Å². The van der Waals surface area contributed by atoms with E-state index in [2.05, 4.69) is 34.6 Å². The molecule has 0 radical (unpaired) electrons. The Balaban J connectivity index is 0.00000112. The Morgan fingerprint density at radius 3 is 2.33 bits per heavy atom. The molecule has 4 heteroatoms. The molecule has 1 heterocycles. The van der Waals surface area contributed by atoms with Crippen LogP contribution in [0.5, 0.6) is 0 Å². The van der Waals surface area contributed by atoms with Gasteiger partial charge in [-0.1, -0.05) is 12.1 Å². The van der Waals surface area contributed by atoms with Gasteiger partial charge in [0, 0.05) is 12.7 Å². The SMILES string of the molecule is CNc1ccc(-c2scnc2C)cc1.Cl. The molecule has 80 valence electrons. The topological polar surface area (TPSA) is 24.9 Å². The van der Waals surface area contributed by atoms with Gasteiger partial charge >= 0.3 is 0 Å². The highest BCUT2D eigenvalue weighted by Crippen LogP contribution is 2.27. The van der Waals surface area contributed by atoms with Crippen LogP contribution < -0.4 is 5.32 Å². The summed E-state index contributed by atoms with van der Waals surface area (Å²) in [6.07, 6.45) is 0. The lowest BCUT2D eigenvalue weighted by Gasteiger charge is -2.01. The largest absolute Gasteiger partial charge is 0.388 e. The first kappa shape index (κ1) is 12.0. The molecule has 0 saturated heterocycles. The molecule has 2 nitrogen and oxygen atoms in total. The molecular weight excluding hydrogens is 228 g/mol. The minimum absolute atomic E-state index is 0. The first-order valence-electron chi connectivity index (χ1n) is 4.49. The zero-order valence-corrected chi connectivity index (χ0v) is 10.3. The summed E-state index contributed by atoms with van der Waals surface area (Å²) in [5.41, 5.74) is 5.36. The van der Waals surface area contributed by atoms with Crippen molar-refractivity contribution in [3.8, 4) is 10.4 Å². The van der Waals surface area contributed by atoms with Crippen LogP contribution in [0.2, 0.25) is 0 Å². The van der Waals surface area contributed by atoms with Gasteiger partial charge in [0.2, 0.25) is 0 Å². The molecule has 0 aliphatic rings. The van der Waals surface area contributed by atoms with Crippen LogP contribution in [0.1, 0.15) is 5.69 Å². The number of nitrogens with zero attached hydrogens (tertiary/aromatic N) is 1. The van der Waals surface area contributed by atoms with Crippen molar-refractivity contribution in [2.45, 2.75) is 6.92 Å². The third-order valence-electron chi connectivity index (χ3n) is 2.18. The normalized spacial score (nSPS) is 9.47. The van der Waals surface area contributed by atoms with Gasteiger partial charge in [-0.3, -0.25) is 0 Å². The van der Waals surface area contributed by atoms with Gasteiger partial charge in [0.25, 0.3) is 0 Å². The summed E-state index contributed by atoms with van der Waals surface area (Å²) in [6.45, 7) is 2.04. The fourth-order valence-electron chi connectivity index (χ4n) is 1.37. The van der Waals surface area contributed by atoms with Crippen molar-refractivity contribution >= 4 is 29.4 Å². The summed E-state index contributed by atoms with van der Waals surface area (Å²) < 4.78 is 0. The predicted octanol–water partition coefficient (Wildman–Crippen LogP) is 3.58. The maximum atomic E-state index is 4.24. The Morgan fingerprint density at radius 1 is 1.20 bits per heavy atom. The van der Waals surface area contributed by atoms with Crippen molar-refractivity contribution in [3.05, 3.63) is 35.5 Å². The number of nitrogens with one attached hydrogen (secondary N) is 1. The number of hydrogen-bond acceptors (Lipinski definition) is 3. The van der Waals surface area contributed by atoms with Crippen molar-refractivity contribution in [2.75, 3.05) is 12.4 Å². The van der Waals surface area contributed by atoms with Crippen LogP contribution in [0.25, 0.3) is 10.4 Å². The smallest absolute Gasteiger partial charge is 0.0801 e. The summed E-state index contributed by atoms with van der Waals surface area (Å²) in [5, 5.41) is 3.10. The molecule has 0 aliphatic carbocycles. The van der Waals surface area contributed by atoms with E-state index in [1.165, 1.54) is 10.4 Å². The fourth-order valence-corrected chi connectivity index (χ4v) is 2.18. The summed E-state index contributed by atoms with van der Waals surface area (Å²) >= 11 is 1.68. The first-order valence-corrected chi connectivity index (χ1v) is 5.37. The van der Waals surface area contributed by atoms with Gasteiger partial charge in [0.1, 0.15) is 0 Å². The zero-order chi connectivity index (χ0) is 9.97. The average molecular weight is 241 g/mol. The summed E-state index contributed by atoms with van der Waals surface area (Å²) in [7, 11) is 1.92. The molecule has 0 fully saturated rings. The van der Waals surface area contributed by atoms with Gasteiger partial charge in [0.05, 0.1) is 16.1 Å². The summed E-state index contributed by atoms with van der Waals surface area (Å²) in [4.78, 5) is 5.50. The number of rotatable bonds is 2. The molecule has 0 amide bonds. The Bertz CT molecular complexity index is 422. The Hall–Kier alpha value is -1.06. The maximum absolute atomic E-state index is 4.24. The van der Waals surface area contributed by atoms with E-state index in [1.807, 2.05) is 19.5 Å². The van der Waals surface area contributed by atoms with Crippen molar-refractivity contribution in [2.24, 2.45) is 0 Å². The highest BCUT2D eigenvalue weighted by atomic mass is 35.5. The maximum Gasteiger partial charge on any atom is 0.0801 e. The number of aryl methyl sites for hydroxylation is 1. The minimum Gasteiger partial charge on any atom is -0.388 e. The van der Waals surface area contributed by atoms with E-state index in [4.69, 9.17) is 0 Å². The Labute approximate surface area is 99.8 Å². The number of anilines is 1. The summed E-state index contributed by atoms with van der Waals surface area (Å²) in [6, 6.07) is 8.39. The van der Waals surface area contributed by atoms with Crippen molar-refractivity contribution in [1.82, 2.24) is 4.98 Å². The molecule has 0 unspecified atom stereocenters. The van der Waals surface area contributed by atoms with Crippen LogP contribution in [0.4, 0.5) is 5.69 Å². The van der Waals surface area contributed by atoms with Crippen LogP contribution in [-0.4, -0.2) is 12.0 Å². The van der Waals surface area contributed by atoms with E-state index >= 15 is 0 Å². The van der Waals surface area contributed by atoms with Gasteiger partial charge in [-0.25, -0.2) is 4.98 Å². The third kappa shape index (κ3) is 2.49. The average Bonchev–Trinajstić information content (AvgIpc) is 2.65. The number of hydrogen-bond donors (Lipinski definition) is 1. The molecule has 0 aliphatic heterocycles. The van der Waals surface area contributed by atoms with Crippen molar-refractivity contribution < 1.29 is 0 Å². The molecule has 0 spiro atoms. The van der Waals surface area contributed by atoms with Gasteiger partial charge in [0.15, 0.2) is 0 Å². The lowest BCUT2D eigenvalue weighted by Crippen LogP contribution is -1.86. The number of benzene rings is 1. The highest BCUT2D eigenvalue weighted by Gasteiger charge is 2.03. The van der Waals surface area contributed by atoms with Crippen LogP contribution in [-0.2, 0) is 0 Å². The molecule has 1 aromatic carbocycles. The molecule has 0 atom stereocenters. The fraction of sp³-hybridized carbons (Fsp3) is 0.182. The zero-order valence-electron chi connectivity index (χ0n) is 8.65. The molecular formula is C11H13ClN2S. The molecule has 2 aromatic rings. The summed E-state index contributed by atoms with van der Waals surface area (Å²) in [5.74, 6) is 0. The molecule has 0 saturated carbocycles. The monoisotopic (exact) mass is 240 g/mol. The minimum atomic E-state index is 0. The second kappa shape index (κ2) is 5.14. The second-order valence-corrected chi connectivity index (χ2v) is 3.95. The van der Waals surface area contributed by atoms with Crippen LogP contribution in [0.3, 0.4) is 0 Å². The van der Waals surface area contributed by atoms with E-state index in [9.17, 15) is 0 Å². The van der Waals surface area contributed by atoms with Crippen molar-refractivity contribution in [1.29, 1.82) is 0 Å². The van der Waals surface area contributed by atoms with Gasteiger partial charge in [-0.2, -0.15) is 0 Å². The van der Waals surface area contributed by atoms with E-state index in [1.54, 1.807) is 11.3 Å². The van der Waals surface area contributed by atoms with Gasteiger partial charge in [-0.05, 0) is 24.6 Å². The first-order chi connectivity index (χ1) is 6.81. The van der Waals surface area contributed by atoms with Gasteiger partial charge in [-0.15, -0.1) is 23.7 Å². The number of aromatic nitrogens is 1. The van der Waals surface area contributed by atoms with Crippen LogP contribution in [0, 0.1) is 6.92 Å². The number of halogens is 1. The molecule has 2 rings (SSSR count). The third-order valence-corrected chi connectivity index (χ3v) is 3.16. The molecule has 1 aromatic heterocycles. The van der Waals surface area contributed by atoms with Crippen LogP contribution in [0.15, 0.2) is 29.8 Å². The van der Waals surface area contributed by atoms with Crippen LogP contribution >= 0.6 is 23.7 Å². The van der Waals surface area contributed by atoms with E-state index in [0.717, 1.165) is 11.4 Å². The van der Waals surface area contributed by atoms with Crippen molar-refractivity contribution in [3.63, 3.8) is 0 Å². The predicted molar refractivity (Wildman–Crippen MR) is 69.1 cm³/mol. The Morgan fingerprint density at radius 2 is 1.87 bits per heavy atom. The van der Waals surface area contributed by atoms with Gasteiger partial charge < -0.3 is 5.32 Å². The molecule has 15 heavy (non-hydrogen) atoms. The highest BCUT2D eigenvalue weighted by molar-refractivity contribution is 7.13. The van der Waals surface area contributed by atoms with E-state index in [-0.39, 0.29) is 12.4 Å². The second-order valence-electron chi connectivity index (χ2n) is 3.09. The Kier molecular flexibility index (Phi) is 4.12. The lowest BCUT2D eigenvalue weighted by molar-refractivity contribution is 1.27. The molecule has 1 N–H and O–H groups in total.